The van der Waals surface area contributed by atoms with Crippen molar-refractivity contribution in [1.29, 1.82) is 0 Å². The van der Waals surface area contributed by atoms with E-state index in [1.54, 1.807) is 30.3 Å². The molecule has 1 aromatic heterocycles. The third-order valence-corrected chi connectivity index (χ3v) is 6.44. The van der Waals surface area contributed by atoms with Gasteiger partial charge in [-0.2, -0.15) is 18.2 Å². The predicted octanol–water partition coefficient (Wildman–Crippen LogP) is 5.01. The molecule has 202 valence electrons. The van der Waals surface area contributed by atoms with Gasteiger partial charge in [0.25, 0.3) is 0 Å². The van der Waals surface area contributed by atoms with Gasteiger partial charge in [-0.05, 0) is 58.2 Å². The lowest BCUT2D eigenvalue weighted by Gasteiger charge is -2.39. The summed E-state index contributed by atoms with van der Waals surface area (Å²) in [6.07, 6.45) is -1.63. The van der Waals surface area contributed by atoms with Crippen LogP contribution >= 0.6 is 0 Å². The molecular formula is C24H31F3N6O4. The van der Waals surface area contributed by atoms with Gasteiger partial charge in [0.2, 0.25) is 5.95 Å². The van der Waals surface area contributed by atoms with Crippen LogP contribution in [0.5, 0.6) is 0 Å². The molecule has 1 saturated carbocycles. The number of piperidine rings is 1. The minimum atomic E-state index is -4.61. The highest BCUT2D eigenvalue weighted by atomic mass is 19.4. The number of benzene rings is 1. The highest BCUT2D eigenvalue weighted by Gasteiger charge is 2.38. The Kier molecular flexibility index (Phi) is 8.79. The molecule has 1 saturated heterocycles. The Bertz CT molecular complexity index is 1070. The Balaban J connectivity index is 0.000000886. The number of para-hydroxylation sites is 1. The monoisotopic (exact) mass is 524 g/mol. The van der Waals surface area contributed by atoms with E-state index in [2.05, 4.69) is 25.5 Å². The SMILES string of the molecule is CN1CCC(C)(NC(=O)N(c2ccccc2)c2ncc(C(F)(F)F)c(NC3CCC3)n2)CC1.O=C(O)O. The lowest BCUT2D eigenvalue weighted by Crippen LogP contribution is -2.55. The van der Waals surface area contributed by atoms with Gasteiger partial charge in [-0.1, -0.05) is 18.2 Å². The molecule has 4 rings (SSSR count). The van der Waals surface area contributed by atoms with E-state index in [0.717, 1.165) is 51.4 Å². The number of hydrogen-bond donors (Lipinski definition) is 4. The van der Waals surface area contributed by atoms with Crippen LogP contribution in [-0.4, -0.2) is 69.0 Å². The van der Waals surface area contributed by atoms with Gasteiger partial charge in [0.1, 0.15) is 11.4 Å². The van der Waals surface area contributed by atoms with Crippen LogP contribution in [0.15, 0.2) is 36.5 Å². The van der Waals surface area contributed by atoms with Gasteiger partial charge >= 0.3 is 18.4 Å². The number of halogens is 3. The zero-order valence-electron chi connectivity index (χ0n) is 20.6. The lowest BCUT2D eigenvalue weighted by atomic mass is 9.90. The van der Waals surface area contributed by atoms with Gasteiger partial charge in [-0.3, -0.25) is 0 Å². The number of hydrogen-bond acceptors (Lipinski definition) is 6. The molecule has 1 aliphatic heterocycles. The summed E-state index contributed by atoms with van der Waals surface area (Å²) in [6.45, 7) is 3.67. The normalized spacial score (nSPS) is 17.5. The molecular weight excluding hydrogens is 493 g/mol. The molecule has 1 aliphatic carbocycles. The first-order valence-electron chi connectivity index (χ1n) is 11.9. The van der Waals surface area contributed by atoms with E-state index in [1.807, 2.05) is 14.0 Å². The summed E-state index contributed by atoms with van der Waals surface area (Å²) in [4.78, 5) is 33.6. The summed E-state index contributed by atoms with van der Waals surface area (Å²) in [5.74, 6) is -0.401. The summed E-state index contributed by atoms with van der Waals surface area (Å²) in [5, 5.41) is 19.9. The van der Waals surface area contributed by atoms with Crippen molar-refractivity contribution in [2.45, 2.75) is 56.8 Å². The van der Waals surface area contributed by atoms with Crippen LogP contribution in [0.1, 0.15) is 44.6 Å². The standard InChI is InChI=1S/C23H29F3N6O.CH2O3/c1-22(11-13-31(2)14-12-22)30-21(33)32(17-9-4-3-5-10-17)20-27-15-18(23(24,25)26)19(29-20)28-16-7-6-8-16;2-1(3)4/h3-5,9-10,15-16H,6-8,11-14H2,1-2H3,(H,30,33)(H,27,28,29);(H2,2,3,4). The predicted molar refractivity (Wildman–Crippen MR) is 131 cm³/mol. The van der Waals surface area contributed by atoms with Crippen LogP contribution in [-0.2, 0) is 6.18 Å². The highest BCUT2D eigenvalue weighted by Crippen LogP contribution is 2.37. The minimum Gasteiger partial charge on any atom is -0.450 e. The molecule has 0 spiro atoms. The van der Waals surface area contributed by atoms with Gasteiger partial charge in [0.05, 0.1) is 5.69 Å². The lowest BCUT2D eigenvalue weighted by molar-refractivity contribution is -0.137. The average Bonchev–Trinajstić information content (AvgIpc) is 2.78. The molecule has 10 nitrogen and oxygen atoms in total. The zero-order valence-corrected chi connectivity index (χ0v) is 20.6. The van der Waals surface area contributed by atoms with Crippen LogP contribution < -0.4 is 15.5 Å². The van der Waals surface area contributed by atoms with E-state index in [4.69, 9.17) is 15.0 Å². The van der Waals surface area contributed by atoms with Crippen LogP contribution in [0.3, 0.4) is 0 Å². The second kappa shape index (κ2) is 11.6. The number of likely N-dealkylation sites (tertiary alicyclic amines) is 1. The van der Waals surface area contributed by atoms with Crippen LogP contribution in [0.4, 0.5) is 40.2 Å². The molecule has 0 radical (unpaired) electrons. The van der Waals surface area contributed by atoms with Crippen molar-refractivity contribution in [3.63, 3.8) is 0 Å². The molecule has 0 bridgehead atoms. The Morgan fingerprint density at radius 2 is 1.73 bits per heavy atom. The molecule has 2 amide bonds. The second-order valence-electron chi connectivity index (χ2n) is 9.45. The number of carbonyl (C=O) groups is 2. The first-order valence-corrected chi connectivity index (χ1v) is 11.9. The molecule has 2 aromatic rings. The summed E-state index contributed by atoms with van der Waals surface area (Å²) >= 11 is 0. The molecule has 0 atom stereocenters. The van der Waals surface area contributed by atoms with E-state index in [-0.39, 0.29) is 17.8 Å². The van der Waals surface area contributed by atoms with Crippen molar-refractivity contribution >= 4 is 29.6 Å². The number of anilines is 3. The Hall–Kier alpha value is -3.61. The maximum atomic E-state index is 13.6. The van der Waals surface area contributed by atoms with Gasteiger partial charge in [-0.25, -0.2) is 19.5 Å². The summed E-state index contributed by atoms with van der Waals surface area (Å²) < 4.78 is 40.8. The zero-order chi connectivity index (χ0) is 27.2. The van der Waals surface area contributed by atoms with E-state index in [9.17, 15) is 18.0 Å². The first kappa shape index (κ1) is 28.0. The van der Waals surface area contributed by atoms with Crippen LogP contribution in [0.25, 0.3) is 0 Å². The first-order chi connectivity index (χ1) is 17.4. The maximum absolute atomic E-state index is 13.6. The van der Waals surface area contributed by atoms with Crippen molar-refractivity contribution < 1.29 is 33.0 Å². The summed E-state index contributed by atoms with van der Waals surface area (Å²) in [6, 6.07) is 8.19. The Labute approximate surface area is 212 Å². The fourth-order valence-electron chi connectivity index (χ4n) is 4.00. The average molecular weight is 525 g/mol. The number of amides is 2. The molecule has 2 heterocycles. The smallest absolute Gasteiger partial charge is 0.450 e. The number of nitrogens with one attached hydrogen (secondary N) is 2. The Morgan fingerprint density at radius 1 is 1.14 bits per heavy atom. The van der Waals surface area contributed by atoms with E-state index >= 15 is 0 Å². The molecule has 13 heteroatoms. The molecule has 0 unspecified atom stereocenters. The Morgan fingerprint density at radius 3 is 2.24 bits per heavy atom. The van der Waals surface area contributed by atoms with Gasteiger partial charge in [0.15, 0.2) is 0 Å². The number of urea groups is 1. The second-order valence-corrected chi connectivity index (χ2v) is 9.45. The topological polar surface area (TPSA) is 131 Å². The van der Waals surface area contributed by atoms with Crippen molar-refractivity contribution in [1.82, 2.24) is 20.2 Å². The maximum Gasteiger partial charge on any atom is 0.503 e. The number of alkyl halides is 3. The molecule has 2 fully saturated rings. The molecule has 4 N–H and O–H groups in total. The van der Waals surface area contributed by atoms with Crippen molar-refractivity contribution in [2.24, 2.45) is 0 Å². The van der Waals surface area contributed by atoms with Crippen molar-refractivity contribution in [3.05, 3.63) is 42.1 Å². The van der Waals surface area contributed by atoms with Crippen molar-refractivity contribution in [2.75, 3.05) is 30.4 Å². The third kappa shape index (κ3) is 7.68. The van der Waals surface area contributed by atoms with E-state index in [0.29, 0.717) is 5.69 Å². The minimum absolute atomic E-state index is 0.0639. The van der Waals surface area contributed by atoms with Crippen LogP contribution in [0, 0.1) is 0 Å². The molecule has 2 aliphatic rings. The number of aromatic nitrogens is 2. The van der Waals surface area contributed by atoms with Crippen molar-refractivity contribution in [3.8, 4) is 0 Å². The number of carboxylic acid groups (broad SMARTS) is 2. The fraction of sp³-hybridized carbons (Fsp3) is 0.500. The number of nitrogens with zero attached hydrogens (tertiary/aromatic N) is 4. The summed E-state index contributed by atoms with van der Waals surface area (Å²) in [5.41, 5.74) is -0.898. The fourth-order valence-corrected chi connectivity index (χ4v) is 4.00. The van der Waals surface area contributed by atoms with E-state index < -0.39 is 29.5 Å². The largest absolute Gasteiger partial charge is 0.503 e. The molecule has 37 heavy (non-hydrogen) atoms. The van der Waals surface area contributed by atoms with Gasteiger partial charge < -0.3 is 25.7 Å². The van der Waals surface area contributed by atoms with Crippen LogP contribution in [0.2, 0.25) is 0 Å². The van der Waals surface area contributed by atoms with Gasteiger partial charge in [-0.15, -0.1) is 0 Å². The summed E-state index contributed by atoms with van der Waals surface area (Å²) in [7, 11) is 2.03. The quantitative estimate of drug-likeness (QED) is 0.429. The van der Waals surface area contributed by atoms with Gasteiger partial charge in [0, 0.05) is 30.9 Å². The molecule has 1 aromatic carbocycles. The third-order valence-electron chi connectivity index (χ3n) is 6.44. The highest BCUT2D eigenvalue weighted by molar-refractivity contribution is 5.98. The number of carbonyl (C=O) groups excluding carboxylic acids is 1. The van der Waals surface area contributed by atoms with E-state index in [1.165, 1.54) is 4.90 Å². The number of rotatable bonds is 5.